The maximum atomic E-state index is 13.0. The van der Waals surface area contributed by atoms with E-state index in [1.165, 1.54) is 52.7 Å². The van der Waals surface area contributed by atoms with Gasteiger partial charge in [0.1, 0.15) is 23.0 Å². The number of non-ortho nitro benzene ring substituents is 1. The number of sulfone groups is 1. The molecule has 38 heavy (non-hydrogen) atoms. The third-order valence-corrected chi connectivity index (χ3v) is 6.85. The van der Waals surface area contributed by atoms with E-state index >= 15 is 0 Å². The molecule has 0 bridgehead atoms. The average molecular weight is 544 g/mol. The Morgan fingerprint density at radius 2 is 1.53 bits per heavy atom. The molecular formula is C26H25NO10S. The summed E-state index contributed by atoms with van der Waals surface area (Å²) in [6, 6.07) is 10.9. The number of methoxy groups -OCH3 is 4. The highest BCUT2D eigenvalue weighted by atomic mass is 32.2. The van der Waals surface area contributed by atoms with Crippen LogP contribution in [0.1, 0.15) is 21.5 Å². The number of aromatic carboxylic acids is 1. The molecule has 200 valence electrons. The van der Waals surface area contributed by atoms with Crippen LogP contribution in [-0.2, 0) is 15.6 Å². The van der Waals surface area contributed by atoms with E-state index in [-0.39, 0.29) is 28.1 Å². The molecule has 0 heterocycles. The van der Waals surface area contributed by atoms with Gasteiger partial charge in [0.15, 0.2) is 9.84 Å². The monoisotopic (exact) mass is 543 g/mol. The van der Waals surface area contributed by atoms with Gasteiger partial charge in [-0.3, -0.25) is 10.1 Å². The minimum Gasteiger partial charge on any atom is -0.496 e. The highest BCUT2D eigenvalue weighted by molar-refractivity contribution is 7.93. The molecule has 3 aromatic carbocycles. The number of carbonyl (C=O) groups is 1. The van der Waals surface area contributed by atoms with Gasteiger partial charge in [0.05, 0.1) is 50.2 Å². The highest BCUT2D eigenvalue weighted by Crippen LogP contribution is 2.37. The molecule has 0 aliphatic rings. The zero-order chi connectivity index (χ0) is 28.0. The van der Waals surface area contributed by atoms with E-state index in [4.69, 9.17) is 18.9 Å². The first kappa shape index (κ1) is 28.0. The van der Waals surface area contributed by atoms with Gasteiger partial charge in [-0.15, -0.1) is 0 Å². The average Bonchev–Trinajstić information content (AvgIpc) is 2.90. The summed E-state index contributed by atoms with van der Waals surface area (Å²) >= 11 is 0. The van der Waals surface area contributed by atoms with Crippen molar-refractivity contribution >= 4 is 27.6 Å². The Kier molecular flexibility index (Phi) is 8.58. The first-order valence-corrected chi connectivity index (χ1v) is 12.6. The van der Waals surface area contributed by atoms with Crippen molar-refractivity contribution in [1.82, 2.24) is 0 Å². The number of carboxylic acids is 1. The van der Waals surface area contributed by atoms with Crippen molar-refractivity contribution in [3.63, 3.8) is 0 Å². The van der Waals surface area contributed by atoms with Crippen LogP contribution in [0.3, 0.4) is 0 Å². The predicted molar refractivity (Wildman–Crippen MR) is 140 cm³/mol. The number of nitro groups is 1. The molecule has 0 aromatic heterocycles. The lowest BCUT2D eigenvalue weighted by molar-refractivity contribution is -0.384. The Balaban J connectivity index is 2.04. The van der Waals surface area contributed by atoms with Crippen LogP contribution in [-0.4, -0.2) is 52.9 Å². The summed E-state index contributed by atoms with van der Waals surface area (Å²) in [5.41, 5.74) is 0.386. The molecule has 0 unspecified atom stereocenters. The fraction of sp³-hybridized carbons (Fsp3) is 0.192. The molecular weight excluding hydrogens is 518 g/mol. The van der Waals surface area contributed by atoms with Crippen molar-refractivity contribution in [3.05, 3.63) is 80.7 Å². The van der Waals surface area contributed by atoms with Crippen molar-refractivity contribution in [3.8, 4) is 34.1 Å². The molecule has 3 rings (SSSR count). The van der Waals surface area contributed by atoms with Crippen LogP contribution in [0.4, 0.5) is 5.69 Å². The molecule has 0 aliphatic carbocycles. The lowest BCUT2D eigenvalue weighted by atomic mass is 9.96. The number of nitrogens with zero attached hydrogens (tertiary/aromatic N) is 1. The molecule has 12 heteroatoms. The van der Waals surface area contributed by atoms with Gasteiger partial charge in [0, 0.05) is 40.8 Å². The van der Waals surface area contributed by atoms with Crippen molar-refractivity contribution in [2.75, 3.05) is 28.4 Å². The molecule has 3 aromatic rings. The first-order chi connectivity index (χ1) is 18.0. The van der Waals surface area contributed by atoms with Crippen molar-refractivity contribution in [2.45, 2.75) is 5.75 Å². The van der Waals surface area contributed by atoms with Gasteiger partial charge in [-0.05, 0) is 29.8 Å². The third kappa shape index (κ3) is 6.21. The van der Waals surface area contributed by atoms with E-state index in [0.717, 1.165) is 23.6 Å². The maximum Gasteiger partial charge on any atom is 0.336 e. The fourth-order valence-corrected chi connectivity index (χ4v) is 4.84. The summed E-state index contributed by atoms with van der Waals surface area (Å²) in [6.07, 6.45) is 1.35. The van der Waals surface area contributed by atoms with E-state index in [9.17, 15) is 28.4 Å². The minimum atomic E-state index is -3.85. The number of nitro benzene ring substituents is 1. The highest BCUT2D eigenvalue weighted by Gasteiger charge is 2.21. The van der Waals surface area contributed by atoms with Crippen LogP contribution in [0.2, 0.25) is 0 Å². The molecule has 0 saturated carbocycles. The maximum absolute atomic E-state index is 13.0. The summed E-state index contributed by atoms with van der Waals surface area (Å²) in [5, 5.41) is 21.9. The SMILES string of the molecule is COc1cc(OC)c(C=CS(=O)(=O)Cc2ccc(OC)c(-c3cc([N+](=O)[O-])ccc3C(=O)O)c2)c(OC)c1. The van der Waals surface area contributed by atoms with Crippen LogP contribution < -0.4 is 18.9 Å². The van der Waals surface area contributed by atoms with E-state index in [0.29, 0.717) is 28.4 Å². The number of hydrogen-bond acceptors (Lipinski definition) is 9. The van der Waals surface area contributed by atoms with Gasteiger partial charge in [-0.25, -0.2) is 13.2 Å². The van der Waals surface area contributed by atoms with E-state index in [1.54, 1.807) is 12.1 Å². The Hall–Kier alpha value is -4.58. The van der Waals surface area contributed by atoms with Gasteiger partial charge in [0.2, 0.25) is 0 Å². The fourth-order valence-electron chi connectivity index (χ4n) is 3.76. The number of ether oxygens (including phenoxy) is 4. The van der Waals surface area contributed by atoms with Crippen molar-refractivity contribution in [2.24, 2.45) is 0 Å². The lowest BCUT2D eigenvalue weighted by Crippen LogP contribution is -2.04. The van der Waals surface area contributed by atoms with E-state index in [2.05, 4.69) is 0 Å². The molecule has 0 spiro atoms. The summed E-state index contributed by atoms with van der Waals surface area (Å²) in [7, 11) is 1.83. The van der Waals surface area contributed by atoms with Crippen molar-refractivity contribution < 1.29 is 42.2 Å². The van der Waals surface area contributed by atoms with Gasteiger partial charge in [-0.2, -0.15) is 0 Å². The minimum absolute atomic E-state index is 0.0195. The smallest absolute Gasteiger partial charge is 0.336 e. The van der Waals surface area contributed by atoms with Crippen LogP contribution in [0.5, 0.6) is 23.0 Å². The standard InChI is InChI=1S/C26H25NO10S/c1-34-18-13-24(36-3)20(25(14-18)37-4)9-10-38(32,33)15-16-5-8-23(35-2)22(11-16)21-12-17(27(30)31)6-7-19(21)26(28)29/h5-14H,15H2,1-4H3,(H,28,29). The van der Waals surface area contributed by atoms with Crippen LogP contribution >= 0.6 is 0 Å². The molecule has 0 radical (unpaired) electrons. The van der Waals surface area contributed by atoms with Gasteiger partial charge >= 0.3 is 5.97 Å². The van der Waals surface area contributed by atoms with E-state index < -0.39 is 26.5 Å². The Morgan fingerprint density at radius 3 is 2.05 bits per heavy atom. The number of hydrogen-bond donors (Lipinski definition) is 1. The summed E-state index contributed by atoms with van der Waals surface area (Å²) in [6.45, 7) is 0. The van der Waals surface area contributed by atoms with Gasteiger partial charge in [0.25, 0.3) is 5.69 Å². The quantitative estimate of drug-likeness (QED) is 0.269. The second-order valence-corrected chi connectivity index (χ2v) is 9.77. The molecule has 0 saturated heterocycles. The Bertz CT molecular complexity index is 1490. The molecule has 0 aliphatic heterocycles. The summed E-state index contributed by atoms with van der Waals surface area (Å²) in [4.78, 5) is 22.5. The summed E-state index contributed by atoms with van der Waals surface area (Å²) in [5.74, 6) is -0.389. The van der Waals surface area contributed by atoms with Crippen LogP contribution in [0.15, 0.2) is 53.9 Å². The summed E-state index contributed by atoms with van der Waals surface area (Å²) < 4.78 is 47.2. The molecule has 11 nitrogen and oxygen atoms in total. The van der Waals surface area contributed by atoms with E-state index in [1.807, 2.05) is 0 Å². The van der Waals surface area contributed by atoms with Gasteiger partial charge < -0.3 is 24.1 Å². The zero-order valence-corrected chi connectivity index (χ0v) is 21.8. The number of carboxylic acid groups (broad SMARTS) is 1. The Morgan fingerprint density at radius 1 is 0.895 bits per heavy atom. The number of rotatable bonds is 11. The molecule has 0 amide bonds. The largest absolute Gasteiger partial charge is 0.496 e. The second kappa shape index (κ2) is 11.6. The zero-order valence-electron chi connectivity index (χ0n) is 21.0. The Labute approximate surface area is 218 Å². The normalized spacial score (nSPS) is 11.3. The van der Waals surface area contributed by atoms with Crippen LogP contribution in [0, 0.1) is 10.1 Å². The van der Waals surface area contributed by atoms with Crippen LogP contribution in [0.25, 0.3) is 17.2 Å². The topological polar surface area (TPSA) is 151 Å². The predicted octanol–water partition coefficient (Wildman–Crippen LogP) is 4.58. The molecule has 1 N–H and O–H groups in total. The van der Waals surface area contributed by atoms with Crippen molar-refractivity contribution in [1.29, 1.82) is 0 Å². The molecule has 0 fully saturated rings. The molecule has 0 atom stereocenters. The van der Waals surface area contributed by atoms with Gasteiger partial charge in [-0.1, -0.05) is 6.07 Å². The number of benzene rings is 3. The second-order valence-electron chi connectivity index (χ2n) is 7.88. The third-order valence-electron chi connectivity index (χ3n) is 5.56. The first-order valence-electron chi connectivity index (χ1n) is 10.9. The lowest BCUT2D eigenvalue weighted by Gasteiger charge is -2.13.